The lowest BCUT2D eigenvalue weighted by molar-refractivity contribution is 0.412. The van der Waals surface area contributed by atoms with Crippen LogP contribution in [0.4, 0.5) is 5.69 Å². The van der Waals surface area contributed by atoms with Crippen LogP contribution in [0.15, 0.2) is 71.3 Å². The molecular weight excluding hydrogens is 440 g/mol. The number of benzene rings is 1. The average Bonchev–Trinajstić information content (AvgIpc) is 2.79. The minimum absolute atomic E-state index is 0.132. The first-order valence-electron chi connectivity index (χ1n) is 10.1. The van der Waals surface area contributed by atoms with E-state index in [9.17, 15) is 13.2 Å². The molecular formula is C24H26N4O4S. The molecule has 0 atom stereocenters. The summed E-state index contributed by atoms with van der Waals surface area (Å²) in [6.45, 7) is 7.21. The summed E-state index contributed by atoms with van der Waals surface area (Å²) < 4.78 is 30.7. The third kappa shape index (κ3) is 5.15. The highest BCUT2D eigenvalue weighted by molar-refractivity contribution is 7.92. The summed E-state index contributed by atoms with van der Waals surface area (Å²) in [5.74, 6) is 0.545. The molecule has 0 saturated carbocycles. The molecule has 1 aromatic carbocycles. The molecule has 0 amide bonds. The van der Waals surface area contributed by atoms with Gasteiger partial charge < -0.3 is 20.8 Å². The average molecular weight is 467 g/mol. The predicted molar refractivity (Wildman–Crippen MR) is 131 cm³/mol. The smallest absolute Gasteiger partial charge is 0.257 e. The minimum atomic E-state index is -3.56. The molecule has 172 valence electrons. The lowest BCUT2D eigenvalue weighted by atomic mass is 10.0. The molecule has 0 radical (unpaired) electrons. The summed E-state index contributed by atoms with van der Waals surface area (Å²) in [7, 11) is -2.03. The van der Waals surface area contributed by atoms with Gasteiger partial charge in [-0.15, -0.1) is 0 Å². The Kier molecular flexibility index (Phi) is 7.03. The zero-order chi connectivity index (χ0) is 24.2. The molecule has 0 unspecified atom stereocenters. The van der Waals surface area contributed by atoms with Crippen LogP contribution in [0.1, 0.15) is 30.5 Å². The number of anilines is 1. The number of ether oxygens (including phenoxy) is 1. The molecule has 0 spiro atoms. The van der Waals surface area contributed by atoms with E-state index in [1.807, 2.05) is 0 Å². The van der Waals surface area contributed by atoms with E-state index in [4.69, 9.17) is 10.5 Å². The Balaban J connectivity index is 2.03. The van der Waals surface area contributed by atoms with Crippen molar-refractivity contribution < 1.29 is 13.2 Å². The Morgan fingerprint density at radius 1 is 1.24 bits per heavy atom. The number of aromatic nitrogens is 2. The fraction of sp³-hybridized carbons (Fsp3) is 0.167. The minimum Gasteiger partial charge on any atom is -0.495 e. The number of nitrogens with one attached hydrogen (secondary N) is 2. The van der Waals surface area contributed by atoms with Crippen LogP contribution in [-0.2, 0) is 9.84 Å². The molecule has 8 nitrogen and oxygen atoms in total. The maximum Gasteiger partial charge on any atom is 0.257 e. The topological polar surface area (TPSA) is 127 Å². The third-order valence-corrected chi connectivity index (χ3v) is 7.20. The third-order valence-electron chi connectivity index (χ3n) is 4.99. The summed E-state index contributed by atoms with van der Waals surface area (Å²) in [5, 5.41) is 2.40. The number of aromatic amines is 1. The van der Waals surface area contributed by atoms with Crippen LogP contribution >= 0.6 is 0 Å². The van der Waals surface area contributed by atoms with Gasteiger partial charge in [-0.2, -0.15) is 0 Å². The van der Waals surface area contributed by atoms with Crippen molar-refractivity contribution in [1.29, 1.82) is 0 Å². The predicted octanol–water partition coefficient (Wildman–Crippen LogP) is 3.50. The van der Waals surface area contributed by atoms with Crippen LogP contribution in [0, 0.1) is 0 Å². The van der Waals surface area contributed by atoms with Gasteiger partial charge in [0, 0.05) is 29.4 Å². The van der Waals surface area contributed by atoms with Crippen molar-refractivity contribution in [2.45, 2.75) is 24.0 Å². The highest BCUT2D eigenvalue weighted by atomic mass is 32.2. The second kappa shape index (κ2) is 9.74. The molecule has 4 N–H and O–H groups in total. The summed E-state index contributed by atoms with van der Waals surface area (Å²) in [6.07, 6.45) is 6.27. The largest absolute Gasteiger partial charge is 0.495 e. The van der Waals surface area contributed by atoms with E-state index in [1.165, 1.54) is 19.4 Å². The van der Waals surface area contributed by atoms with Gasteiger partial charge in [0.25, 0.3) is 5.56 Å². The number of para-hydroxylation sites is 1. The number of hydrogen-bond acceptors (Lipinski definition) is 7. The Bertz CT molecular complexity index is 1370. The molecule has 0 bridgehead atoms. The van der Waals surface area contributed by atoms with Crippen LogP contribution in [0.2, 0.25) is 0 Å². The first-order valence-corrected chi connectivity index (χ1v) is 11.7. The number of nitrogens with two attached hydrogens (primary N) is 1. The van der Waals surface area contributed by atoms with Crippen LogP contribution in [0.3, 0.4) is 0 Å². The lowest BCUT2D eigenvalue weighted by Gasteiger charge is -2.17. The monoisotopic (exact) mass is 466 g/mol. The van der Waals surface area contributed by atoms with Gasteiger partial charge in [0.1, 0.15) is 5.75 Å². The highest BCUT2D eigenvalue weighted by Crippen LogP contribution is 2.28. The molecule has 9 heteroatoms. The molecule has 3 aromatic rings. The fourth-order valence-electron chi connectivity index (χ4n) is 3.16. The SMILES string of the molecule is C=C(Nc1ccccc1S(=O)(=O)C(C)C)c1c(/C=C(\N)c2cncc(OC)c2)cc[nH]c1=O. The summed E-state index contributed by atoms with van der Waals surface area (Å²) in [4.78, 5) is 19.6. The quantitative estimate of drug-likeness (QED) is 0.464. The number of hydrogen-bond donors (Lipinski definition) is 3. The van der Waals surface area contributed by atoms with Gasteiger partial charge in [-0.25, -0.2) is 8.42 Å². The summed E-state index contributed by atoms with van der Waals surface area (Å²) in [5.41, 5.74) is 8.13. The normalized spacial score (nSPS) is 11.9. The van der Waals surface area contributed by atoms with E-state index in [1.54, 1.807) is 62.6 Å². The van der Waals surface area contributed by atoms with Crippen LogP contribution in [-0.4, -0.2) is 30.7 Å². The number of H-pyrrole nitrogens is 1. The maximum atomic E-state index is 12.8. The molecule has 2 aromatic heterocycles. The van der Waals surface area contributed by atoms with Crippen molar-refractivity contribution in [1.82, 2.24) is 9.97 Å². The van der Waals surface area contributed by atoms with Gasteiger partial charge in [-0.05, 0) is 49.8 Å². The van der Waals surface area contributed by atoms with E-state index in [0.29, 0.717) is 28.3 Å². The van der Waals surface area contributed by atoms with E-state index in [-0.39, 0.29) is 16.2 Å². The molecule has 2 heterocycles. The van der Waals surface area contributed by atoms with Gasteiger partial charge in [-0.3, -0.25) is 9.78 Å². The van der Waals surface area contributed by atoms with Gasteiger partial charge in [0.2, 0.25) is 0 Å². The first-order chi connectivity index (χ1) is 15.6. The fourth-order valence-corrected chi connectivity index (χ4v) is 4.36. The Hall–Kier alpha value is -3.85. The summed E-state index contributed by atoms with van der Waals surface area (Å²) in [6, 6.07) is 9.92. The molecule has 33 heavy (non-hydrogen) atoms. The number of rotatable bonds is 8. The summed E-state index contributed by atoms with van der Waals surface area (Å²) >= 11 is 0. The van der Waals surface area contributed by atoms with Gasteiger partial charge in [0.05, 0.1) is 34.7 Å². The van der Waals surface area contributed by atoms with E-state index in [0.717, 1.165) is 0 Å². The molecule has 0 fully saturated rings. The van der Waals surface area contributed by atoms with E-state index >= 15 is 0 Å². The van der Waals surface area contributed by atoms with Crippen LogP contribution < -0.4 is 21.3 Å². The van der Waals surface area contributed by atoms with Crippen LogP contribution in [0.25, 0.3) is 17.5 Å². The van der Waals surface area contributed by atoms with Gasteiger partial charge in [0.15, 0.2) is 9.84 Å². The van der Waals surface area contributed by atoms with Crippen molar-refractivity contribution in [3.8, 4) is 5.75 Å². The second-order valence-electron chi connectivity index (χ2n) is 7.54. The molecule has 0 aliphatic rings. The van der Waals surface area contributed by atoms with Crippen molar-refractivity contribution in [3.63, 3.8) is 0 Å². The van der Waals surface area contributed by atoms with Crippen molar-refractivity contribution in [2.24, 2.45) is 5.73 Å². The number of pyridine rings is 2. The van der Waals surface area contributed by atoms with Gasteiger partial charge in [-0.1, -0.05) is 18.7 Å². The zero-order valence-corrected chi connectivity index (χ0v) is 19.4. The standard InChI is InChI=1S/C24H26N4O4S/c1-15(2)33(30,31)22-8-6-5-7-21(22)28-16(3)23-17(9-10-27-24(23)29)12-20(25)18-11-19(32-4)14-26-13-18/h5-15,28H,3,25H2,1-2,4H3,(H,27,29)/b20-12-. The zero-order valence-electron chi connectivity index (χ0n) is 18.6. The lowest BCUT2D eigenvalue weighted by Crippen LogP contribution is -2.18. The van der Waals surface area contributed by atoms with Crippen LogP contribution in [0.5, 0.6) is 5.75 Å². The Labute approximate surface area is 192 Å². The molecule has 0 aliphatic carbocycles. The Morgan fingerprint density at radius 3 is 2.67 bits per heavy atom. The molecule has 0 aliphatic heterocycles. The number of nitrogens with zero attached hydrogens (tertiary/aromatic N) is 1. The van der Waals surface area contributed by atoms with Crippen molar-refractivity contribution in [2.75, 3.05) is 12.4 Å². The number of sulfone groups is 1. The van der Waals surface area contributed by atoms with Gasteiger partial charge >= 0.3 is 0 Å². The van der Waals surface area contributed by atoms with Crippen molar-refractivity contribution in [3.05, 3.63) is 88.6 Å². The first kappa shape index (κ1) is 23.8. The van der Waals surface area contributed by atoms with Crippen molar-refractivity contribution >= 4 is 33.0 Å². The number of methoxy groups -OCH3 is 1. The van der Waals surface area contributed by atoms with E-state index < -0.39 is 20.6 Å². The molecule has 3 rings (SSSR count). The Morgan fingerprint density at radius 2 is 1.97 bits per heavy atom. The van der Waals surface area contributed by atoms with E-state index in [2.05, 4.69) is 21.9 Å². The maximum absolute atomic E-state index is 12.8. The highest BCUT2D eigenvalue weighted by Gasteiger charge is 2.23. The molecule has 0 saturated heterocycles. The second-order valence-corrected chi connectivity index (χ2v) is 10.0.